The Morgan fingerprint density at radius 2 is 1.97 bits per heavy atom. The minimum Gasteiger partial charge on any atom is -0.352 e. The van der Waals surface area contributed by atoms with E-state index in [2.05, 4.69) is 11.9 Å². The molecule has 38 heavy (non-hydrogen) atoms. The van der Waals surface area contributed by atoms with Crippen LogP contribution in [-0.4, -0.2) is 16.7 Å². The lowest BCUT2D eigenvalue weighted by atomic mass is 10.0. The molecule has 2 aliphatic rings. The van der Waals surface area contributed by atoms with Gasteiger partial charge in [0.05, 0.1) is 22.5 Å². The number of anilines is 1. The highest BCUT2D eigenvalue weighted by Crippen LogP contribution is 2.30. The number of amides is 1. The van der Waals surface area contributed by atoms with E-state index in [1.54, 1.807) is 12.1 Å². The van der Waals surface area contributed by atoms with Gasteiger partial charge in [0.1, 0.15) is 16.8 Å². The summed E-state index contributed by atoms with van der Waals surface area (Å²) < 4.78 is 28.8. The summed E-state index contributed by atoms with van der Waals surface area (Å²) in [4.78, 5) is 14.6. The number of thioether (sulfide) groups is 1. The van der Waals surface area contributed by atoms with E-state index in [-0.39, 0.29) is 17.6 Å². The molecule has 1 amide bonds. The Morgan fingerprint density at radius 1 is 1.24 bits per heavy atom. The van der Waals surface area contributed by atoms with Crippen LogP contribution in [0.4, 0.5) is 10.1 Å². The molecule has 4 rings (SSSR count). The molecule has 0 bridgehead atoms. The van der Waals surface area contributed by atoms with Gasteiger partial charge in [-0.2, -0.15) is 0 Å². The Labute approximate surface area is 236 Å². The van der Waals surface area contributed by atoms with Gasteiger partial charge >= 0.3 is 0 Å². The fraction of sp³-hybridized carbons (Fsp3) is 0.233. The minimum atomic E-state index is -1.30. The van der Waals surface area contributed by atoms with E-state index in [9.17, 15) is 13.4 Å². The van der Waals surface area contributed by atoms with Gasteiger partial charge in [-0.25, -0.2) is 8.60 Å². The highest BCUT2D eigenvalue weighted by atomic mass is 35.5. The van der Waals surface area contributed by atoms with Gasteiger partial charge in [-0.1, -0.05) is 96.7 Å². The fourth-order valence-corrected chi connectivity index (χ4v) is 5.95. The van der Waals surface area contributed by atoms with Gasteiger partial charge in [0.15, 0.2) is 0 Å². The standard InChI is InChI=1S/C24H23FN2O2S.C6H9ClS/c25-21-13-10-18(11-14-21)17-26-24(28)20-6-3-8-22(15-12-20)30(29)27-16-4-7-19-5-1-2-9-23(19)27;1-4-5(2)8-6(3)7/h1-7,9-11,13-15,20H,8,12,16-17H2,(H,26,28);4H,3H2,1-2H3/b;5-4-. The molecule has 4 nitrogen and oxygen atoms in total. The normalized spacial score (nSPS) is 17.4. The summed E-state index contributed by atoms with van der Waals surface area (Å²) in [6.07, 6.45) is 12.8. The fourth-order valence-electron chi connectivity index (χ4n) is 3.79. The molecule has 0 saturated heterocycles. The second kappa shape index (κ2) is 14.9. The van der Waals surface area contributed by atoms with Gasteiger partial charge in [0.25, 0.3) is 0 Å². The van der Waals surface area contributed by atoms with Crippen LogP contribution >= 0.6 is 23.4 Å². The summed E-state index contributed by atoms with van der Waals surface area (Å²) in [5, 5.41) is 2.90. The van der Waals surface area contributed by atoms with Crippen molar-refractivity contribution < 1.29 is 13.4 Å². The number of benzene rings is 2. The van der Waals surface area contributed by atoms with Crippen molar-refractivity contribution in [2.45, 2.75) is 33.2 Å². The molecule has 2 atom stereocenters. The van der Waals surface area contributed by atoms with Gasteiger partial charge in [0, 0.05) is 17.9 Å². The zero-order chi connectivity index (χ0) is 27.5. The van der Waals surface area contributed by atoms with Gasteiger partial charge in [-0.05, 0) is 54.5 Å². The summed E-state index contributed by atoms with van der Waals surface area (Å²) in [6.45, 7) is 8.44. The smallest absolute Gasteiger partial charge is 0.227 e. The first-order chi connectivity index (χ1) is 18.3. The number of para-hydroxylation sites is 1. The maximum absolute atomic E-state index is 13.3. The van der Waals surface area contributed by atoms with Crippen LogP contribution in [-0.2, 0) is 22.3 Å². The van der Waals surface area contributed by atoms with E-state index in [4.69, 9.17) is 11.6 Å². The SMILES string of the molecule is C=C(Cl)S/C(C)=C\C.O=C(NCc1ccc(F)cc1)C1C=CCC(S(=O)N2CC=Cc3ccccc32)=CC1. The number of carbonyl (C=O) groups is 1. The number of hydrogen-bond acceptors (Lipinski definition) is 3. The second-order valence-corrected chi connectivity index (χ2v) is 12.1. The van der Waals surface area contributed by atoms with Crippen LogP contribution in [0.1, 0.15) is 37.8 Å². The van der Waals surface area contributed by atoms with Gasteiger partial charge < -0.3 is 5.32 Å². The molecule has 0 aromatic heterocycles. The van der Waals surface area contributed by atoms with Crippen molar-refractivity contribution in [3.8, 4) is 0 Å². The van der Waals surface area contributed by atoms with Crippen LogP contribution in [0.3, 0.4) is 0 Å². The molecule has 2 unspecified atom stereocenters. The summed E-state index contributed by atoms with van der Waals surface area (Å²) in [5.74, 6) is -0.701. The van der Waals surface area contributed by atoms with Crippen molar-refractivity contribution in [1.82, 2.24) is 5.32 Å². The number of nitrogens with one attached hydrogen (secondary N) is 1. The maximum atomic E-state index is 13.3. The Hall–Kier alpha value is -2.87. The zero-order valence-corrected chi connectivity index (χ0v) is 23.9. The lowest BCUT2D eigenvalue weighted by Crippen LogP contribution is -2.29. The molecule has 0 spiro atoms. The summed E-state index contributed by atoms with van der Waals surface area (Å²) in [7, 11) is -1.30. The lowest BCUT2D eigenvalue weighted by Gasteiger charge is -2.27. The predicted octanol–water partition coefficient (Wildman–Crippen LogP) is 7.84. The third kappa shape index (κ3) is 8.86. The number of nitrogens with zero attached hydrogens (tertiary/aromatic N) is 1. The molecule has 200 valence electrons. The van der Waals surface area contributed by atoms with E-state index in [1.165, 1.54) is 28.8 Å². The number of rotatable bonds is 7. The molecular formula is C30H32ClFN2O2S2. The lowest BCUT2D eigenvalue weighted by molar-refractivity contribution is -0.123. The van der Waals surface area contributed by atoms with E-state index < -0.39 is 11.0 Å². The van der Waals surface area contributed by atoms with Crippen molar-refractivity contribution in [1.29, 1.82) is 0 Å². The molecule has 1 aliphatic heterocycles. The maximum Gasteiger partial charge on any atom is 0.227 e. The number of fused-ring (bicyclic) bond motifs is 1. The second-order valence-electron chi connectivity index (χ2n) is 8.62. The molecule has 1 heterocycles. The van der Waals surface area contributed by atoms with Crippen molar-refractivity contribution in [3.63, 3.8) is 0 Å². The molecule has 2 aromatic rings. The first-order valence-electron chi connectivity index (χ1n) is 12.3. The average molecular weight is 571 g/mol. The average Bonchev–Trinajstić information content (AvgIpc) is 3.18. The predicted molar refractivity (Wildman–Crippen MR) is 161 cm³/mol. The Morgan fingerprint density at radius 3 is 2.66 bits per heavy atom. The minimum absolute atomic E-state index is 0.0925. The van der Waals surface area contributed by atoms with Gasteiger partial charge in [-0.15, -0.1) is 0 Å². The van der Waals surface area contributed by atoms with Crippen LogP contribution in [0.15, 0.2) is 99.7 Å². The van der Waals surface area contributed by atoms with E-state index in [0.717, 1.165) is 21.7 Å². The number of halogens is 2. The molecular weight excluding hydrogens is 539 g/mol. The molecule has 0 fully saturated rings. The first kappa shape index (κ1) is 29.7. The van der Waals surface area contributed by atoms with Gasteiger partial charge in [-0.3, -0.25) is 9.10 Å². The first-order valence-corrected chi connectivity index (χ1v) is 14.6. The van der Waals surface area contributed by atoms with Gasteiger partial charge in [0.2, 0.25) is 5.91 Å². The zero-order valence-electron chi connectivity index (χ0n) is 21.5. The Balaban J connectivity index is 0.000000436. The molecule has 0 radical (unpaired) electrons. The number of carbonyl (C=O) groups excluding carboxylic acids is 1. The highest BCUT2D eigenvalue weighted by molar-refractivity contribution is 8.08. The van der Waals surface area contributed by atoms with Crippen molar-refractivity contribution in [2.24, 2.45) is 5.92 Å². The third-order valence-electron chi connectivity index (χ3n) is 5.88. The topological polar surface area (TPSA) is 49.4 Å². The summed E-state index contributed by atoms with van der Waals surface area (Å²) >= 11 is 6.97. The largest absolute Gasteiger partial charge is 0.352 e. The monoisotopic (exact) mass is 570 g/mol. The van der Waals surface area contributed by atoms with Crippen LogP contribution < -0.4 is 9.62 Å². The molecule has 8 heteroatoms. The number of hydrogen-bond donors (Lipinski definition) is 1. The quantitative estimate of drug-likeness (QED) is 0.345. The molecule has 1 N–H and O–H groups in total. The Kier molecular flexibility index (Phi) is 11.6. The van der Waals surface area contributed by atoms with Crippen LogP contribution in [0.5, 0.6) is 0 Å². The third-order valence-corrected chi connectivity index (χ3v) is 8.42. The van der Waals surface area contributed by atoms with Crippen LogP contribution in [0.2, 0.25) is 0 Å². The van der Waals surface area contributed by atoms with E-state index in [1.807, 2.05) is 78.9 Å². The van der Waals surface area contributed by atoms with Crippen molar-refractivity contribution >= 4 is 52.0 Å². The molecule has 2 aromatic carbocycles. The van der Waals surface area contributed by atoms with E-state index in [0.29, 0.717) is 30.3 Å². The summed E-state index contributed by atoms with van der Waals surface area (Å²) in [5.41, 5.74) is 2.86. The molecule has 1 aliphatic carbocycles. The van der Waals surface area contributed by atoms with E-state index >= 15 is 0 Å². The van der Waals surface area contributed by atoms with Crippen molar-refractivity contribution in [3.05, 3.63) is 117 Å². The number of allylic oxidation sites excluding steroid dienone is 5. The molecule has 0 saturated carbocycles. The van der Waals surface area contributed by atoms with Crippen LogP contribution in [0, 0.1) is 11.7 Å². The summed E-state index contributed by atoms with van der Waals surface area (Å²) in [6, 6.07) is 14.0. The van der Waals surface area contributed by atoms with Crippen LogP contribution in [0.25, 0.3) is 6.08 Å². The highest BCUT2D eigenvalue weighted by Gasteiger charge is 2.23. The Bertz CT molecular complexity index is 1290. The van der Waals surface area contributed by atoms with Crippen molar-refractivity contribution in [2.75, 3.05) is 10.8 Å².